The Kier molecular flexibility index (Phi) is 6.16. The number of benzene rings is 1. The minimum Gasteiger partial charge on any atom is -0.465 e. The molecule has 0 aliphatic carbocycles. The molecule has 2 heterocycles. The van der Waals surface area contributed by atoms with Crippen molar-refractivity contribution in [3.8, 4) is 0 Å². The molecule has 1 aliphatic heterocycles. The smallest absolute Gasteiger partial charge is 0.341 e. The lowest BCUT2D eigenvalue weighted by Gasteiger charge is -2.09. The van der Waals surface area contributed by atoms with Gasteiger partial charge in [0.2, 0.25) is 6.10 Å². The highest BCUT2D eigenvalue weighted by Gasteiger charge is 2.32. The highest BCUT2D eigenvalue weighted by Crippen LogP contribution is 2.35. The van der Waals surface area contributed by atoms with Gasteiger partial charge in [-0.2, -0.15) is 0 Å². The van der Waals surface area contributed by atoms with Crippen LogP contribution in [0.25, 0.3) is 0 Å². The molecule has 10 heteroatoms. The molecule has 30 heavy (non-hydrogen) atoms. The SMILES string of the molecule is COC(=O)c1c(NC(=O)C2CC(c3ccc(F)cc3)=NO2)sc(C(=O)N(C)C)c1C. The molecule has 1 atom stereocenters. The van der Waals surface area contributed by atoms with E-state index in [-0.39, 0.29) is 28.7 Å². The Morgan fingerprint density at radius 2 is 1.93 bits per heavy atom. The zero-order valence-electron chi connectivity index (χ0n) is 16.8. The maximum Gasteiger partial charge on any atom is 0.341 e. The summed E-state index contributed by atoms with van der Waals surface area (Å²) in [5.41, 5.74) is 1.71. The van der Waals surface area contributed by atoms with Gasteiger partial charge in [0.1, 0.15) is 10.8 Å². The Hall–Kier alpha value is -3.27. The summed E-state index contributed by atoms with van der Waals surface area (Å²) in [5.74, 6) is -1.85. The molecular formula is C20H20FN3O5S. The van der Waals surface area contributed by atoms with Crippen LogP contribution < -0.4 is 5.32 Å². The van der Waals surface area contributed by atoms with Crippen LogP contribution in [0.2, 0.25) is 0 Å². The van der Waals surface area contributed by atoms with Crippen LogP contribution in [0, 0.1) is 12.7 Å². The lowest BCUT2D eigenvalue weighted by Crippen LogP contribution is -2.28. The molecule has 0 bridgehead atoms. The van der Waals surface area contributed by atoms with Crippen molar-refractivity contribution >= 4 is 39.8 Å². The number of halogens is 1. The average Bonchev–Trinajstić information content (AvgIpc) is 3.32. The monoisotopic (exact) mass is 433 g/mol. The first kappa shape index (κ1) is 21.4. The van der Waals surface area contributed by atoms with Gasteiger partial charge < -0.3 is 19.8 Å². The van der Waals surface area contributed by atoms with Gasteiger partial charge in [0.25, 0.3) is 11.8 Å². The minimum absolute atomic E-state index is 0.124. The van der Waals surface area contributed by atoms with E-state index in [4.69, 9.17) is 9.57 Å². The van der Waals surface area contributed by atoms with Gasteiger partial charge in [-0.1, -0.05) is 17.3 Å². The van der Waals surface area contributed by atoms with Crippen molar-refractivity contribution < 1.29 is 28.3 Å². The molecule has 3 rings (SSSR count). The van der Waals surface area contributed by atoms with E-state index < -0.39 is 18.0 Å². The van der Waals surface area contributed by atoms with Crippen LogP contribution in [0.15, 0.2) is 29.4 Å². The van der Waals surface area contributed by atoms with Crippen LogP contribution in [0.3, 0.4) is 0 Å². The summed E-state index contributed by atoms with van der Waals surface area (Å²) in [6.45, 7) is 1.62. The molecular weight excluding hydrogens is 413 g/mol. The Morgan fingerprint density at radius 1 is 1.27 bits per heavy atom. The summed E-state index contributed by atoms with van der Waals surface area (Å²) < 4.78 is 17.9. The van der Waals surface area contributed by atoms with Gasteiger partial charge in [0.15, 0.2) is 0 Å². The normalized spacial score (nSPS) is 15.2. The summed E-state index contributed by atoms with van der Waals surface area (Å²) in [6, 6.07) is 5.70. The van der Waals surface area contributed by atoms with E-state index in [1.807, 2.05) is 0 Å². The molecule has 0 radical (unpaired) electrons. The number of anilines is 1. The number of nitrogens with zero attached hydrogens (tertiary/aromatic N) is 2. The minimum atomic E-state index is -0.925. The Labute approximate surface area is 176 Å². The van der Waals surface area contributed by atoms with Gasteiger partial charge in [-0.25, -0.2) is 9.18 Å². The number of carbonyl (C=O) groups is 3. The molecule has 2 amide bonds. The molecule has 1 aliphatic rings. The van der Waals surface area contributed by atoms with E-state index in [2.05, 4.69) is 10.5 Å². The Morgan fingerprint density at radius 3 is 2.53 bits per heavy atom. The Balaban J connectivity index is 1.80. The number of hydrogen-bond acceptors (Lipinski definition) is 7. The van der Waals surface area contributed by atoms with E-state index in [0.29, 0.717) is 21.7 Å². The molecule has 1 unspecified atom stereocenters. The number of carbonyl (C=O) groups excluding carboxylic acids is 3. The largest absolute Gasteiger partial charge is 0.465 e. The Bertz CT molecular complexity index is 1030. The van der Waals surface area contributed by atoms with Crippen LogP contribution in [0.1, 0.15) is 37.6 Å². The van der Waals surface area contributed by atoms with Crippen molar-refractivity contribution in [2.75, 3.05) is 26.5 Å². The first-order valence-electron chi connectivity index (χ1n) is 8.95. The van der Waals surface area contributed by atoms with Gasteiger partial charge >= 0.3 is 5.97 Å². The first-order valence-corrected chi connectivity index (χ1v) is 9.77. The van der Waals surface area contributed by atoms with E-state index in [0.717, 1.165) is 11.3 Å². The zero-order chi connectivity index (χ0) is 22.0. The van der Waals surface area contributed by atoms with Crippen molar-refractivity contribution in [1.29, 1.82) is 0 Å². The standard InChI is InChI=1S/C20H20FN3O5S/c1-10-15(20(27)28-4)18(30-16(10)19(26)24(2)3)22-17(25)14-9-13(23-29-14)11-5-7-12(21)8-6-11/h5-8,14H,9H2,1-4H3,(H,22,25). The molecule has 0 saturated carbocycles. The van der Waals surface area contributed by atoms with Gasteiger partial charge in [0.05, 0.1) is 23.3 Å². The summed E-state index contributed by atoms with van der Waals surface area (Å²) in [7, 11) is 4.41. The number of methoxy groups -OCH3 is 1. The van der Waals surface area contributed by atoms with E-state index in [1.54, 1.807) is 33.2 Å². The number of hydrogen-bond donors (Lipinski definition) is 1. The van der Waals surface area contributed by atoms with Crippen molar-refractivity contribution in [2.24, 2.45) is 5.16 Å². The fourth-order valence-electron chi connectivity index (χ4n) is 2.88. The molecule has 2 aromatic rings. The second-order valence-corrected chi connectivity index (χ2v) is 7.80. The topological polar surface area (TPSA) is 97.3 Å². The molecule has 8 nitrogen and oxygen atoms in total. The van der Waals surface area contributed by atoms with Crippen molar-refractivity contribution in [3.63, 3.8) is 0 Å². The van der Waals surface area contributed by atoms with Gasteiger partial charge in [-0.15, -0.1) is 11.3 Å². The van der Waals surface area contributed by atoms with Crippen LogP contribution in [0.4, 0.5) is 9.39 Å². The predicted octanol–water partition coefficient (Wildman–Crippen LogP) is 2.82. The van der Waals surface area contributed by atoms with Gasteiger partial charge in [0, 0.05) is 20.5 Å². The zero-order valence-corrected chi connectivity index (χ0v) is 17.6. The van der Waals surface area contributed by atoms with Gasteiger partial charge in [-0.3, -0.25) is 9.59 Å². The molecule has 0 spiro atoms. The van der Waals surface area contributed by atoms with Crippen LogP contribution >= 0.6 is 11.3 Å². The second kappa shape index (κ2) is 8.62. The number of amides is 2. The van der Waals surface area contributed by atoms with Crippen molar-refractivity contribution in [2.45, 2.75) is 19.4 Å². The summed E-state index contributed by atoms with van der Waals surface area (Å²) in [5, 5.41) is 6.77. The fraction of sp³-hybridized carbons (Fsp3) is 0.300. The number of nitrogens with one attached hydrogen (secondary N) is 1. The van der Waals surface area contributed by atoms with Crippen LogP contribution in [-0.2, 0) is 14.4 Å². The third-order valence-electron chi connectivity index (χ3n) is 4.51. The average molecular weight is 433 g/mol. The second-order valence-electron chi connectivity index (χ2n) is 6.78. The van der Waals surface area contributed by atoms with E-state index in [1.165, 1.54) is 24.1 Å². The van der Waals surface area contributed by atoms with Crippen molar-refractivity contribution in [3.05, 3.63) is 51.7 Å². The number of ether oxygens (including phenoxy) is 1. The van der Waals surface area contributed by atoms with Crippen LogP contribution in [0.5, 0.6) is 0 Å². The quantitative estimate of drug-likeness (QED) is 0.732. The third kappa shape index (κ3) is 4.18. The molecule has 0 fully saturated rings. The van der Waals surface area contributed by atoms with Crippen LogP contribution in [-0.4, -0.2) is 55.7 Å². The summed E-state index contributed by atoms with van der Waals surface area (Å²) in [6.07, 6.45) is -0.746. The highest BCUT2D eigenvalue weighted by molar-refractivity contribution is 7.18. The van der Waals surface area contributed by atoms with E-state index in [9.17, 15) is 18.8 Å². The lowest BCUT2D eigenvalue weighted by atomic mass is 10.0. The predicted molar refractivity (Wildman–Crippen MR) is 109 cm³/mol. The number of esters is 1. The first-order chi connectivity index (χ1) is 14.2. The van der Waals surface area contributed by atoms with Gasteiger partial charge in [-0.05, 0) is 30.2 Å². The molecule has 1 N–H and O–H groups in total. The number of thiophene rings is 1. The molecule has 0 saturated heterocycles. The molecule has 1 aromatic carbocycles. The third-order valence-corrected chi connectivity index (χ3v) is 5.71. The highest BCUT2D eigenvalue weighted by atomic mass is 32.1. The number of rotatable bonds is 5. The number of oxime groups is 1. The maximum absolute atomic E-state index is 13.1. The summed E-state index contributed by atoms with van der Waals surface area (Å²) >= 11 is 0.994. The fourth-order valence-corrected chi connectivity index (χ4v) is 4.10. The van der Waals surface area contributed by atoms with E-state index >= 15 is 0 Å². The maximum atomic E-state index is 13.1. The molecule has 1 aromatic heterocycles. The molecule has 158 valence electrons. The summed E-state index contributed by atoms with van der Waals surface area (Å²) in [4.78, 5) is 44.3. The lowest BCUT2D eigenvalue weighted by molar-refractivity contribution is -0.125. The van der Waals surface area contributed by atoms with Crippen molar-refractivity contribution in [1.82, 2.24) is 4.90 Å².